The van der Waals surface area contributed by atoms with Crippen LogP contribution in [0.3, 0.4) is 0 Å². The van der Waals surface area contributed by atoms with Crippen LogP contribution in [0.2, 0.25) is 0 Å². The third-order valence-electron chi connectivity index (χ3n) is 5.49. The van der Waals surface area contributed by atoms with E-state index in [1.807, 2.05) is 46.2 Å². The highest BCUT2D eigenvalue weighted by molar-refractivity contribution is 7.09. The number of benzene rings is 1. The van der Waals surface area contributed by atoms with Crippen molar-refractivity contribution in [3.05, 3.63) is 46.4 Å². The second kappa shape index (κ2) is 9.92. The molecule has 1 atom stereocenters. The number of ether oxygens (including phenoxy) is 1. The van der Waals surface area contributed by atoms with Gasteiger partial charge in [0.05, 0.1) is 12.1 Å². The minimum Gasteiger partial charge on any atom is -0.491 e. The van der Waals surface area contributed by atoms with E-state index in [9.17, 15) is 4.79 Å². The molecule has 1 N–H and O–H groups in total. The number of likely N-dealkylation sites (tertiary alicyclic amines) is 1. The summed E-state index contributed by atoms with van der Waals surface area (Å²) in [6.45, 7) is 13.0. The van der Waals surface area contributed by atoms with E-state index in [1.54, 1.807) is 11.3 Å². The van der Waals surface area contributed by atoms with Gasteiger partial charge >= 0.3 is 0 Å². The fraction of sp³-hybridized carbons (Fsp3) is 0.583. The molecule has 30 heavy (non-hydrogen) atoms. The molecule has 0 spiro atoms. The van der Waals surface area contributed by atoms with Crippen molar-refractivity contribution in [1.29, 1.82) is 0 Å². The van der Waals surface area contributed by atoms with Gasteiger partial charge in [-0.3, -0.25) is 9.69 Å². The first-order valence-electron chi connectivity index (χ1n) is 10.9. The third kappa shape index (κ3) is 6.29. The van der Waals surface area contributed by atoms with Gasteiger partial charge < -0.3 is 10.1 Å². The van der Waals surface area contributed by atoms with Crippen LogP contribution in [-0.2, 0) is 11.3 Å². The zero-order valence-corrected chi connectivity index (χ0v) is 19.7. The van der Waals surface area contributed by atoms with E-state index < -0.39 is 5.41 Å². The molecule has 0 aliphatic carbocycles. The number of hydrogen-bond acceptors (Lipinski definition) is 5. The first-order chi connectivity index (χ1) is 14.2. The Hall–Kier alpha value is -1.92. The van der Waals surface area contributed by atoms with Crippen LogP contribution in [0.15, 0.2) is 35.8 Å². The van der Waals surface area contributed by atoms with Crippen LogP contribution in [0.1, 0.15) is 64.1 Å². The van der Waals surface area contributed by atoms with Gasteiger partial charge in [-0.05, 0) is 63.4 Å². The Labute approximate surface area is 184 Å². The van der Waals surface area contributed by atoms with Crippen LogP contribution in [0.4, 0.5) is 0 Å². The molecule has 3 rings (SSSR count). The molecule has 0 radical (unpaired) electrons. The van der Waals surface area contributed by atoms with Gasteiger partial charge in [0.25, 0.3) is 0 Å². The van der Waals surface area contributed by atoms with Gasteiger partial charge in [0.1, 0.15) is 10.8 Å². The van der Waals surface area contributed by atoms with Gasteiger partial charge in [-0.25, -0.2) is 4.98 Å². The number of nitrogens with one attached hydrogen (secondary N) is 1. The highest BCUT2D eigenvalue weighted by Gasteiger charge is 2.33. The van der Waals surface area contributed by atoms with Gasteiger partial charge in [0, 0.05) is 23.5 Å². The summed E-state index contributed by atoms with van der Waals surface area (Å²) in [5.74, 6) is 1.43. The molecule has 1 fully saturated rings. The molecule has 2 heterocycles. The van der Waals surface area contributed by atoms with Crippen molar-refractivity contribution in [1.82, 2.24) is 15.2 Å². The summed E-state index contributed by atoms with van der Waals surface area (Å²) in [4.78, 5) is 19.7. The maximum absolute atomic E-state index is 12.7. The number of nitrogens with zero attached hydrogens (tertiary/aromatic N) is 2. The Balaban J connectivity index is 1.57. The second-order valence-electron chi connectivity index (χ2n) is 9.50. The predicted molar refractivity (Wildman–Crippen MR) is 123 cm³/mol. The molecular weight excluding hydrogens is 394 g/mol. The lowest BCUT2D eigenvalue weighted by Crippen LogP contribution is -2.43. The second-order valence-corrected chi connectivity index (χ2v) is 10.4. The molecule has 1 aromatic heterocycles. The van der Waals surface area contributed by atoms with Crippen molar-refractivity contribution in [3.8, 4) is 5.75 Å². The number of hydrogen-bond donors (Lipinski definition) is 1. The maximum Gasteiger partial charge on any atom is 0.225 e. The number of carbonyl (C=O) groups excluding carboxylic acids is 1. The van der Waals surface area contributed by atoms with Gasteiger partial charge in [-0.1, -0.05) is 32.9 Å². The van der Waals surface area contributed by atoms with Gasteiger partial charge in [-0.15, -0.1) is 11.3 Å². The minimum absolute atomic E-state index is 0.00587. The van der Waals surface area contributed by atoms with Crippen LogP contribution in [0.25, 0.3) is 0 Å². The smallest absolute Gasteiger partial charge is 0.225 e. The summed E-state index contributed by atoms with van der Waals surface area (Å²) in [7, 11) is 0. The number of amides is 1. The van der Waals surface area contributed by atoms with E-state index in [0.717, 1.165) is 43.2 Å². The Kier molecular flexibility index (Phi) is 7.53. The van der Waals surface area contributed by atoms with Crippen molar-refractivity contribution in [2.24, 2.45) is 11.3 Å². The number of thiazole rings is 1. The van der Waals surface area contributed by atoms with Crippen molar-refractivity contribution >= 4 is 17.2 Å². The third-order valence-corrected chi connectivity index (χ3v) is 6.35. The summed E-state index contributed by atoms with van der Waals surface area (Å²) in [5.41, 5.74) is 0.906. The van der Waals surface area contributed by atoms with Crippen molar-refractivity contribution in [3.63, 3.8) is 0 Å². The fourth-order valence-electron chi connectivity index (χ4n) is 3.78. The predicted octanol–water partition coefficient (Wildman–Crippen LogP) is 5.05. The summed E-state index contributed by atoms with van der Waals surface area (Å²) in [5, 5.41) is 6.31. The Morgan fingerprint density at radius 2 is 1.90 bits per heavy atom. The number of piperidine rings is 1. The van der Waals surface area contributed by atoms with Gasteiger partial charge in [0.2, 0.25) is 5.91 Å². The molecule has 2 aromatic rings. The first kappa shape index (κ1) is 22.8. The summed E-state index contributed by atoms with van der Waals surface area (Å²) < 4.78 is 5.74. The minimum atomic E-state index is -0.401. The van der Waals surface area contributed by atoms with Gasteiger partial charge in [0.15, 0.2) is 0 Å². The zero-order valence-electron chi connectivity index (χ0n) is 18.9. The Morgan fingerprint density at radius 1 is 1.23 bits per heavy atom. The summed E-state index contributed by atoms with van der Waals surface area (Å²) in [6, 6.07) is 8.44. The topological polar surface area (TPSA) is 54.5 Å². The van der Waals surface area contributed by atoms with Gasteiger partial charge in [-0.2, -0.15) is 0 Å². The van der Waals surface area contributed by atoms with E-state index in [2.05, 4.69) is 39.5 Å². The quantitative estimate of drug-likeness (QED) is 0.669. The molecule has 1 aliphatic heterocycles. The molecule has 1 amide bonds. The molecule has 6 heteroatoms. The van der Waals surface area contributed by atoms with E-state index in [0.29, 0.717) is 5.92 Å². The van der Waals surface area contributed by atoms with E-state index >= 15 is 0 Å². The van der Waals surface area contributed by atoms with Crippen molar-refractivity contribution < 1.29 is 9.53 Å². The standard InChI is InChI=1S/C24H35N3O2S/c1-17(2)29-20-8-6-18(7-9-20)16-27-13-10-19(11-14-27)21(22-25-12-15-30-22)26-23(28)24(3,4)5/h6-9,12,15,17,19,21H,10-11,13-14,16H2,1-5H3,(H,26,28)/t21-/m1/s1. The van der Waals surface area contributed by atoms with Crippen molar-refractivity contribution in [2.45, 2.75) is 66.2 Å². The van der Waals surface area contributed by atoms with E-state index in [-0.39, 0.29) is 18.1 Å². The van der Waals surface area contributed by atoms with Crippen LogP contribution >= 0.6 is 11.3 Å². The average molecular weight is 430 g/mol. The van der Waals surface area contributed by atoms with Crippen molar-refractivity contribution in [2.75, 3.05) is 13.1 Å². The molecule has 1 aliphatic rings. The normalized spacial score (nSPS) is 17.1. The lowest BCUT2D eigenvalue weighted by atomic mass is 9.87. The van der Waals surface area contributed by atoms with Crippen LogP contribution in [-0.4, -0.2) is 35.0 Å². The van der Waals surface area contributed by atoms with E-state index in [1.165, 1.54) is 5.56 Å². The highest BCUT2D eigenvalue weighted by atomic mass is 32.1. The molecule has 1 aromatic carbocycles. The molecule has 1 saturated heterocycles. The molecule has 0 bridgehead atoms. The molecule has 0 saturated carbocycles. The maximum atomic E-state index is 12.7. The molecular formula is C24H35N3O2S. The van der Waals surface area contributed by atoms with E-state index in [4.69, 9.17) is 4.74 Å². The number of carbonyl (C=O) groups is 1. The van der Waals surface area contributed by atoms with Crippen LogP contribution in [0, 0.1) is 11.3 Å². The molecule has 0 unspecified atom stereocenters. The highest BCUT2D eigenvalue weighted by Crippen LogP contribution is 2.33. The fourth-order valence-corrected chi connectivity index (χ4v) is 4.56. The lowest BCUT2D eigenvalue weighted by molar-refractivity contribution is -0.129. The summed E-state index contributed by atoms with van der Waals surface area (Å²) >= 11 is 1.63. The van der Waals surface area contributed by atoms with Crippen LogP contribution < -0.4 is 10.1 Å². The Bertz CT molecular complexity index is 789. The summed E-state index contributed by atoms with van der Waals surface area (Å²) in [6.07, 6.45) is 4.14. The zero-order chi connectivity index (χ0) is 21.7. The number of aromatic nitrogens is 1. The largest absolute Gasteiger partial charge is 0.491 e. The van der Waals surface area contributed by atoms with Crippen LogP contribution in [0.5, 0.6) is 5.75 Å². The SMILES string of the molecule is CC(C)Oc1ccc(CN2CCC([C@@H](NC(=O)C(C)(C)C)c3nccs3)CC2)cc1. The Morgan fingerprint density at radius 3 is 2.43 bits per heavy atom. The number of rotatable bonds is 7. The molecule has 5 nitrogen and oxygen atoms in total. The first-order valence-corrected chi connectivity index (χ1v) is 11.8. The average Bonchev–Trinajstić information content (AvgIpc) is 3.21. The molecule has 164 valence electrons. The lowest BCUT2D eigenvalue weighted by Gasteiger charge is -2.36. The monoisotopic (exact) mass is 429 g/mol.